The fourth-order valence-corrected chi connectivity index (χ4v) is 3.47. The van der Waals surface area contributed by atoms with Crippen molar-refractivity contribution >= 4 is 17.2 Å². The SMILES string of the molecule is CN(Cc1ncn[nH]1)C(=O)c1cc2c(s1)CCC2. The van der Waals surface area contributed by atoms with Gasteiger partial charge in [-0.15, -0.1) is 11.3 Å². The summed E-state index contributed by atoms with van der Waals surface area (Å²) in [5.74, 6) is 0.765. The molecule has 2 heterocycles. The highest BCUT2D eigenvalue weighted by Gasteiger charge is 2.20. The lowest BCUT2D eigenvalue weighted by molar-refractivity contribution is 0.0786. The lowest BCUT2D eigenvalue weighted by Crippen LogP contribution is -2.26. The maximum atomic E-state index is 12.3. The van der Waals surface area contributed by atoms with Crippen molar-refractivity contribution in [1.82, 2.24) is 20.1 Å². The molecule has 0 saturated heterocycles. The molecule has 0 atom stereocenters. The van der Waals surface area contributed by atoms with Gasteiger partial charge in [-0.25, -0.2) is 4.98 Å². The van der Waals surface area contributed by atoms with E-state index in [0.717, 1.165) is 17.7 Å². The molecule has 6 heteroatoms. The zero-order valence-electron chi connectivity index (χ0n) is 10.1. The van der Waals surface area contributed by atoms with Gasteiger partial charge in [0.05, 0.1) is 11.4 Å². The Labute approximate surface area is 109 Å². The van der Waals surface area contributed by atoms with E-state index in [0.29, 0.717) is 12.4 Å². The smallest absolute Gasteiger partial charge is 0.264 e. The van der Waals surface area contributed by atoms with Crippen LogP contribution in [0.2, 0.25) is 0 Å². The quantitative estimate of drug-likeness (QED) is 0.914. The van der Waals surface area contributed by atoms with Gasteiger partial charge in [0, 0.05) is 11.9 Å². The number of thiophene rings is 1. The molecule has 18 heavy (non-hydrogen) atoms. The van der Waals surface area contributed by atoms with Crippen LogP contribution in [-0.2, 0) is 19.4 Å². The fraction of sp³-hybridized carbons (Fsp3) is 0.417. The number of aromatic nitrogens is 3. The number of amides is 1. The topological polar surface area (TPSA) is 61.9 Å². The molecule has 0 aromatic carbocycles. The van der Waals surface area contributed by atoms with Crippen molar-refractivity contribution in [3.05, 3.63) is 33.5 Å². The highest BCUT2D eigenvalue weighted by molar-refractivity contribution is 7.14. The number of H-pyrrole nitrogens is 1. The van der Waals surface area contributed by atoms with Gasteiger partial charge in [0.2, 0.25) is 0 Å². The van der Waals surface area contributed by atoms with Crippen LogP contribution in [0.15, 0.2) is 12.4 Å². The molecule has 0 radical (unpaired) electrons. The van der Waals surface area contributed by atoms with Crippen molar-refractivity contribution in [1.29, 1.82) is 0 Å². The second kappa shape index (κ2) is 4.53. The third-order valence-corrected chi connectivity index (χ3v) is 4.38. The van der Waals surface area contributed by atoms with Crippen LogP contribution >= 0.6 is 11.3 Å². The molecule has 0 bridgehead atoms. The summed E-state index contributed by atoms with van der Waals surface area (Å²) in [6.45, 7) is 0.460. The maximum absolute atomic E-state index is 12.3. The molecule has 2 aromatic rings. The van der Waals surface area contributed by atoms with E-state index in [4.69, 9.17) is 0 Å². The van der Waals surface area contributed by atoms with E-state index in [9.17, 15) is 4.79 Å². The first-order chi connectivity index (χ1) is 8.74. The monoisotopic (exact) mass is 262 g/mol. The Bertz CT molecular complexity index is 539. The molecular formula is C12H14N4OS. The van der Waals surface area contributed by atoms with Crippen LogP contribution in [0.1, 0.15) is 32.4 Å². The average Bonchev–Trinajstić information content (AvgIpc) is 3.02. The number of hydrogen-bond acceptors (Lipinski definition) is 4. The van der Waals surface area contributed by atoms with Gasteiger partial charge in [-0.3, -0.25) is 9.89 Å². The number of aromatic amines is 1. The molecule has 0 spiro atoms. The second-order valence-corrected chi connectivity index (χ2v) is 5.64. The van der Waals surface area contributed by atoms with Gasteiger partial charge in [0.15, 0.2) is 0 Å². The van der Waals surface area contributed by atoms with Crippen LogP contribution in [0, 0.1) is 0 Å². The maximum Gasteiger partial charge on any atom is 0.264 e. The summed E-state index contributed by atoms with van der Waals surface area (Å²) in [4.78, 5) is 20.2. The predicted molar refractivity (Wildman–Crippen MR) is 68.5 cm³/mol. The van der Waals surface area contributed by atoms with Crippen LogP contribution in [0.5, 0.6) is 0 Å². The summed E-state index contributed by atoms with van der Waals surface area (Å²) in [6.07, 6.45) is 4.92. The van der Waals surface area contributed by atoms with E-state index < -0.39 is 0 Å². The van der Waals surface area contributed by atoms with E-state index in [-0.39, 0.29) is 5.91 Å². The van der Waals surface area contributed by atoms with Crippen molar-refractivity contribution in [3.8, 4) is 0 Å². The predicted octanol–water partition coefficient (Wildman–Crippen LogP) is 1.63. The van der Waals surface area contributed by atoms with Crippen LogP contribution in [0.4, 0.5) is 0 Å². The number of nitrogens with one attached hydrogen (secondary N) is 1. The van der Waals surface area contributed by atoms with E-state index in [1.165, 1.54) is 23.2 Å². The molecule has 1 aliphatic rings. The summed E-state index contributed by atoms with van der Waals surface area (Å²) < 4.78 is 0. The van der Waals surface area contributed by atoms with Gasteiger partial charge in [-0.2, -0.15) is 5.10 Å². The van der Waals surface area contributed by atoms with Gasteiger partial charge in [-0.1, -0.05) is 0 Å². The Kier molecular flexibility index (Phi) is 2.87. The van der Waals surface area contributed by atoms with Gasteiger partial charge >= 0.3 is 0 Å². The van der Waals surface area contributed by atoms with Crippen molar-refractivity contribution in [2.75, 3.05) is 7.05 Å². The third-order valence-electron chi connectivity index (χ3n) is 3.16. The first-order valence-electron chi connectivity index (χ1n) is 5.95. The molecule has 0 fully saturated rings. The van der Waals surface area contributed by atoms with E-state index in [1.807, 2.05) is 6.07 Å². The molecule has 1 amide bonds. The zero-order chi connectivity index (χ0) is 12.5. The van der Waals surface area contributed by atoms with E-state index in [2.05, 4.69) is 15.2 Å². The van der Waals surface area contributed by atoms with E-state index in [1.54, 1.807) is 23.3 Å². The lowest BCUT2D eigenvalue weighted by Gasteiger charge is -2.14. The lowest BCUT2D eigenvalue weighted by atomic mass is 10.2. The number of carbonyl (C=O) groups excluding carboxylic acids is 1. The first-order valence-corrected chi connectivity index (χ1v) is 6.77. The van der Waals surface area contributed by atoms with Crippen LogP contribution in [-0.4, -0.2) is 33.0 Å². The summed E-state index contributed by atoms with van der Waals surface area (Å²) in [5.41, 5.74) is 1.36. The average molecular weight is 262 g/mol. The molecule has 1 N–H and O–H groups in total. The van der Waals surface area contributed by atoms with Gasteiger partial charge in [0.1, 0.15) is 12.2 Å². The van der Waals surface area contributed by atoms with Crippen LogP contribution < -0.4 is 0 Å². The normalized spacial score (nSPS) is 13.6. The fourth-order valence-electron chi connectivity index (χ4n) is 2.23. The number of fused-ring (bicyclic) bond motifs is 1. The minimum absolute atomic E-state index is 0.0609. The van der Waals surface area contributed by atoms with Gasteiger partial charge in [0.25, 0.3) is 5.91 Å². The van der Waals surface area contributed by atoms with Crippen LogP contribution in [0.3, 0.4) is 0 Å². The van der Waals surface area contributed by atoms with Gasteiger partial charge < -0.3 is 4.90 Å². The molecule has 0 aliphatic heterocycles. The summed E-state index contributed by atoms with van der Waals surface area (Å²) >= 11 is 1.63. The van der Waals surface area contributed by atoms with Crippen LogP contribution in [0.25, 0.3) is 0 Å². The van der Waals surface area contributed by atoms with Crippen molar-refractivity contribution in [3.63, 3.8) is 0 Å². The summed E-state index contributed by atoms with van der Waals surface area (Å²) in [5, 5.41) is 6.54. The Hall–Kier alpha value is -1.69. The molecular weight excluding hydrogens is 248 g/mol. The number of aryl methyl sites for hydroxylation is 2. The minimum Gasteiger partial charge on any atom is -0.333 e. The highest BCUT2D eigenvalue weighted by atomic mass is 32.1. The number of hydrogen-bond donors (Lipinski definition) is 1. The largest absolute Gasteiger partial charge is 0.333 e. The minimum atomic E-state index is 0.0609. The summed E-state index contributed by atoms with van der Waals surface area (Å²) in [7, 11) is 1.79. The molecule has 5 nitrogen and oxygen atoms in total. The molecule has 3 rings (SSSR count). The molecule has 1 aliphatic carbocycles. The number of rotatable bonds is 3. The Morgan fingerprint density at radius 1 is 1.56 bits per heavy atom. The van der Waals surface area contributed by atoms with E-state index >= 15 is 0 Å². The standard InChI is InChI=1S/C12H14N4OS/c1-16(6-11-13-7-14-15-11)12(17)10-5-8-3-2-4-9(8)18-10/h5,7H,2-4,6H2,1H3,(H,13,14,15). The molecule has 94 valence electrons. The number of carbonyl (C=O) groups is 1. The number of nitrogens with zero attached hydrogens (tertiary/aromatic N) is 3. The van der Waals surface area contributed by atoms with Crippen molar-refractivity contribution in [2.45, 2.75) is 25.8 Å². The first kappa shape index (κ1) is 11.4. The third kappa shape index (κ3) is 2.03. The highest BCUT2D eigenvalue weighted by Crippen LogP contribution is 2.31. The van der Waals surface area contributed by atoms with Crippen molar-refractivity contribution < 1.29 is 4.79 Å². The Morgan fingerprint density at radius 3 is 3.17 bits per heavy atom. The van der Waals surface area contributed by atoms with Gasteiger partial charge in [-0.05, 0) is 30.9 Å². The Morgan fingerprint density at radius 2 is 2.44 bits per heavy atom. The molecule has 0 unspecified atom stereocenters. The zero-order valence-corrected chi connectivity index (χ0v) is 11.0. The molecule has 0 saturated carbocycles. The Balaban J connectivity index is 1.73. The van der Waals surface area contributed by atoms with Crippen molar-refractivity contribution in [2.24, 2.45) is 0 Å². The molecule has 2 aromatic heterocycles. The summed E-state index contributed by atoms with van der Waals surface area (Å²) in [6, 6.07) is 2.05. The second-order valence-electron chi connectivity index (χ2n) is 4.51.